The van der Waals surface area contributed by atoms with Gasteiger partial charge in [-0.05, 0) is 25.8 Å². The van der Waals surface area contributed by atoms with E-state index < -0.39 is 24.4 Å². The molecule has 0 radical (unpaired) electrons. The van der Waals surface area contributed by atoms with Gasteiger partial charge in [0.05, 0.1) is 6.26 Å². The van der Waals surface area contributed by atoms with Crippen LogP contribution in [0, 0.1) is 6.92 Å². The lowest BCUT2D eigenvalue weighted by molar-refractivity contribution is -0.230. The van der Waals surface area contributed by atoms with Crippen molar-refractivity contribution in [2.24, 2.45) is 0 Å². The molecule has 1 aliphatic heterocycles. The van der Waals surface area contributed by atoms with Gasteiger partial charge in [-0.1, -0.05) is 0 Å². The summed E-state index contributed by atoms with van der Waals surface area (Å²) >= 11 is 0. The Hall–Kier alpha value is -1.50. The standard InChI is InChI=1S/C12H13F3O4/c1-7-8(4-6-17-7)11(16)19-10(12(13,14)15)9-3-2-5-18-9/h4,6,9-10H,2-3,5H2,1H3. The van der Waals surface area contributed by atoms with Gasteiger partial charge in [-0.2, -0.15) is 13.2 Å². The molecule has 7 heteroatoms. The Morgan fingerprint density at radius 3 is 2.74 bits per heavy atom. The Morgan fingerprint density at radius 1 is 1.53 bits per heavy atom. The fraction of sp³-hybridized carbons (Fsp3) is 0.583. The first-order valence-corrected chi connectivity index (χ1v) is 5.83. The van der Waals surface area contributed by atoms with E-state index in [1.165, 1.54) is 19.3 Å². The van der Waals surface area contributed by atoms with Crippen molar-refractivity contribution in [2.45, 2.75) is 38.1 Å². The molecule has 0 spiro atoms. The lowest BCUT2D eigenvalue weighted by Crippen LogP contribution is -2.43. The summed E-state index contributed by atoms with van der Waals surface area (Å²) in [5, 5.41) is 0. The van der Waals surface area contributed by atoms with Crippen LogP contribution >= 0.6 is 0 Å². The Bertz CT molecular complexity index is 446. The number of halogens is 3. The zero-order valence-corrected chi connectivity index (χ0v) is 10.2. The molecule has 106 valence electrons. The third kappa shape index (κ3) is 3.09. The number of esters is 1. The molecule has 2 unspecified atom stereocenters. The highest BCUT2D eigenvalue weighted by atomic mass is 19.4. The van der Waals surface area contributed by atoms with Crippen LogP contribution in [-0.4, -0.2) is 31.0 Å². The van der Waals surface area contributed by atoms with Gasteiger partial charge >= 0.3 is 12.1 Å². The maximum atomic E-state index is 12.9. The van der Waals surface area contributed by atoms with Crippen molar-refractivity contribution in [3.05, 3.63) is 23.7 Å². The molecule has 19 heavy (non-hydrogen) atoms. The van der Waals surface area contributed by atoms with E-state index in [1.54, 1.807) is 0 Å². The molecule has 0 amide bonds. The number of aryl methyl sites for hydroxylation is 1. The number of rotatable bonds is 3. The number of hydrogen-bond acceptors (Lipinski definition) is 4. The molecule has 0 bridgehead atoms. The maximum Gasteiger partial charge on any atom is 0.428 e. The van der Waals surface area contributed by atoms with Crippen LogP contribution in [0.2, 0.25) is 0 Å². The molecule has 0 aliphatic carbocycles. The Labute approximate surface area is 107 Å². The van der Waals surface area contributed by atoms with Crippen molar-refractivity contribution in [2.75, 3.05) is 6.61 Å². The van der Waals surface area contributed by atoms with Crippen molar-refractivity contribution in [1.82, 2.24) is 0 Å². The van der Waals surface area contributed by atoms with Crippen LogP contribution in [0.25, 0.3) is 0 Å². The van der Waals surface area contributed by atoms with Crippen LogP contribution in [0.15, 0.2) is 16.7 Å². The molecule has 2 heterocycles. The van der Waals surface area contributed by atoms with Gasteiger partial charge < -0.3 is 13.9 Å². The summed E-state index contributed by atoms with van der Waals surface area (Å²) in [5.74, 6) is -0.831. The molecular weight excluding hydrogens is 265 g/mol. The molecule has 2 atom stereocenters. The fourth-order valence-electron chi connectivity index (χ4n) is 1.97. The molecular formula is C12H13F3O4. The van der Waals surface area contributed by atoms with E-state index in [2.05, 4.69) is 4.74 Å². The minimum atomic E-state index is -4.65. The first kappa shape index (κ1) is 13.9. The van der Waals surface area contributed by atoms with Gasteiger partial charge in [-0.25, -0.2) is 4.79 Å². The highest BCUT2D eigenvalue weighted by Crippen LogP contribution is 2.32. The summed E-state index contributed by atoms with van der Waals surface area (Å²) in [4.78, 5) is 11.7. The van der Waals surface area contributed by atoms with Crippen LogP contribution in [0.4, 0.5) is 13.2 Å². The van der Waals surface area contributed by atoms with Crippen molar-refractivity contribution in [3.63, 3.8) is 0 Å². The van der Waals surface area contributed by atoms with Crippen molar-refractivity contribution < 1.29 is 31.9 Å². The van der Waals surface area contributed by atoms with E-state index >= 15 is 0 Å². The fourth-order valence-corrected chi connectivity index (χ4v) is 1.97. The topological polar surface area (TPSA) is 48.7 Å². The highest BCUT2D eigenvalue weighted by molar-refractivity contribution is 5.90. The number of furan rings is 1. The molecule has 2 rings (SSSR count). The number of ether oxygens (including phenoxy) is 2. The number of carbonyl (C=O) groups excluding carboxylic acids is 1. The summed E-state index contributed by atoms with van der Waals surface area (Å²) in [6, 6.07) is 1.28. The predicted molar refractivity (Wildman–Crippen MR) is 57.7 cm³/mol. The highest BCUT2D eigenvalue weighted by Gasteiger charge is 2.49. The number of carbonyl (C=O) groups is 1. The largest absolute Gasteiger partial charge is 0.469 e. The molecule has 1 fully saturated rings. The number of hydrogen-bond donors (Lipinski definition) is 0. The third-order valence-corrected chi connectivity index (χ3v) is 2.94. The zero-order chi connectivity index (χ0) is 14.0. The average molecular weight is 278 g/mol. The van der Waals surface area contributed by atoms with Crippen LogP contribution in [0.1, 0.15) is 29.0 Å². The van der Waals surface area contributed by atoms with Crippen LogP contribution < -0.4 is 0 Å². The van der Waals surface area contributed by atoms with E-state index in [1.807, 2.05) is 0 Å². The molecule has 1 aromatic rings. The minimum absolute atomic E-state index is 0.00718. The maximum absolute atomic E-state index is 12.9. The quantitative estimate of drug-likeness (QED) is 0.798. The number of alkyl halides is 3. The third-order valence-electron chi connectivity index (χ3n) is 2.94. The SMILES string of the molecule is Cc1occc1C(=O)OC(C1CCCO1)C(F)(F)F. The molecule has 1 aliphatic rings. The van der Waals surface area contributed by atoms with E-state index in [0.717, 1.165) is 0 Å². The van der Waals surface area contributed by atoms with Gasteiger partial charge in [0.15, 0.2) is 0 Å². The molecule has 0 aromatic carbocycles. The summed E-state index contributed by atoms with van der Waals surface area (Å²) in [6.45, 7) is 1.73. The second-order valence-electron chi connectivity index (χ2n) is 4.31. The molecule has 0 saturated carbocycles. The normalized spacial score (nSPS) is 21.4. The Morgan fingerprint density at radius 2 is 2.26 bits per heavy atom. The predicted octanol–water partition coefficient (Wildman–Crippen LogP) is 2.85. The van der Waals surface area contributed by atoms with Gasteiger partial charge in [0.25, 0.3) is 0 Å². The van der Waals surface area contributed by atoms with Crippen molar-refractivity contribution in [3.8, 4) is 0 Å². The summed E-state index contributed by atoms with van der Waals surface area (Å²) in [5.41, 5.74) is -0.00718. The molecule has 4 nitrogen and oxygen atoms in total. The van der Waals surface area contributed by atoms with E-state index in [-0.39, 0.29) is 24.4 Å². The first-order valence-electron chi connectivity index (χ1n) is 5.83. The van der Waals surface area contributed by atoms with Gasteiger partial charge in [-0.3, -0.25) is 0 Å². The van der Waals surface area contributed by atoms with E-state index in [0.29, 0.717) is 6.42 Å². The molecule has 1 saturated heterocycles. The second kappa shape index (κ2) is 5.24. The van der Waals surface area contributed by atoms with Gasteiger partial charge in [0.1, 0.15) is 17.4 Å². The molecule has 1 aromatic heterocycles. The smallest absolute Gasteiger partial charge is 0.428 e. The van der Waals surface area contributed by atoms with Crippen LogP contribution in [0.3, 0.4) is 0 Å². The van der Waals surface area contributed by atoms with Crippen molar-refractivity contribution >= 4 is 5.97 Å². The Kier molecular flexibility index (Phi) is 3.84. The zero-order valence-electron chi connectivity index (χ0n) is 10.2. The van der Waals surface area contributed by atoms with Gasteiger partial charge in [0, 0.05) is 6.61 Å². The van der Waals surface area contributed by atoms with Gasteiger partial charge in [-0.15, -0.1) is 0 Å². The lowest BCUT2D eigenvalue weighted by atomic mass is 10.1. The first-order chi connectivity index (χ1) is 8.89. The van der Waals surface area contributed by atoms with Gasteiger partial charge in [0.2, 0.25) is 6.10 Å². The van der Waals surface area contributed by atoms with Crippen molar-refractivity contribution in [1.29, 1.82) is 0 Å². The molecule has 0 N–H and O–H groups in total. The second-order valence-corrected chi connectivity index (χ2v) is 4.31. The van der Waals surface area contributed by atoms with E-state index in [9.17, 15) is 18.0 Å². The van der Waals surface area contributed by atoms with Crippen LogP contribution in [0.5, 0.6) is 0 Å². The monoisotopic (exact) mass is 278 g/mol. The minimum Gasteiger partial charge on any atom is -0.469 e. The Balaban J connectivity index is 2.12. The van der Waals surface area contributed by atoms with E-state index in [4.69, 9.17) is 9.15 Å². The summed E-state index contributed by atoms with van der Waals surface area (Å²) < 4.78 is 53.1. The van der Waals surface area contributed by atoms with Crippen LogP contribution in [-0.2, 0) is 9.47 Å². The summed E-state index contributed by atoms with van der Waals surface area (Å²) in [6.07, 6.45) is -6.04. The lowest BCUT2D eigenvalue weighted by Gasteiger charge is -2.25. The summed E-state index contributed by atoms with van der Waals surface area (Å²) in [7, 11) is 0. The average Bonchev–Trinajstić information content (AvgIpc) is 2.94.